The van der Waals surface area contributed by atoms with Gasteiger partial charge in [-0.2, -0.15) is 15.0 Å². The summed E-state index contributed by atoms with van der Waals surface area (Å²) in [4.78, 5) is 12.3. The van der Waals surface area contributed by atoms with E-state index in [1.807, 2.05) is 13.0 Å². The topological polar surface area (TPSA) is 72.0 Å². The molecule has 1 unspecified atom stereocenters. The van der Waals surface area contributed by atoms with Gasteiger partial charge in [0.2, 0.25) is 11.9 Å². The summed E-state index contributed by atoms with van der Waals surface area (Å²) in [5.41, 5.74) is 1.42. The van der Waals surface area contributed by atoms with Crippen LogP contribution in [0.1, 0.15) is 24.1 Å². The Labute approximate surface area is 122 Å². The quantitative estimate of drug-likeness (QED) is 0.882. The number of methoxy groups -OCH3 is 1. The van der Waals surface area contributed by atoms with E-state index in [4.69, 9.17) is 4.74 Å². The lowest BCUT2D eigenvalue weighted by atomic mass is 10.1. The number of nitrogens with zero attached hydrogens (tertiary/aromatic N) is 3. The van der Waals surface area contributed by atoms with E-state index < -0.39 is 0 Å². The molecule has 0 radical (unpaired) electrons. The number of ether oxygens (including phenoxy) is 1. The van der Waals surface area contributed by atoms with Gasteiger partial charge in [-0.05, 0) is 31.0 Å². The molecule has 0 spiro atoms. The molecule has 0 bridgehead atoms. The second kappa shape index (κ2) is 6.34. The molecule has 1 aromatic heterocycles. The van der Waals surface area contributed by atoms with Crippen molar-refractivity contribution in [1.82, 2.24) is 15.0 Å². The Bertz CT molecular complexity index is 613. The normalized spacial score (nSPS) is 11.9. The lowest BCUT2D eigenvalue weighted by Gasteiger charge is -2.15. The molecule has 0 saturated heterocycles. The molecule has 21 heavy (non-hydrogen) atoms. The van der Waals surface area contributed by atoms with Gasteiger partial charge in [-0.25, -0.2) is 4.39 Å². The molecule has 0 aliphatic carbocycles. The smallest absolute Gasteiger partial charge is 0.322 e. The number of hydrogen-bond donors (Lipinski definition) is 2. The first kappa shape index (κ1) is 15.0. The lowest BCUT2D eigenvalue weighted by Crippen LogP contribution is -2.12. The van der Waals surface area contributed by atoms with E-state index in [0.29, 0.717) is 17.5 Å². The Hall–Kier alpha value is -2.44. The highest BCUT2D eigenvalue weighted by atomic mass is 19.1. The van der Waals surface area contributed by atoms with Gasteiger partial charge >= 0.3 is 6.01 Å². The second-order valence-corrected chi connectivity index (χ2v) is 4.59. The Morgan fingerprint density at radius 2 is 1.90 bits per heavy atom. The molecule has 0 saturated carbocycles. The first-order valence-corrected chi connectivity index (χ1v) is 6.54. The number of aryl methyl sites for hydroxylation is 1. The SMILES string of the molecule is CNc1nc(NC(C)c2ccc(C)c(F)c2)nc(OC)n1. The fraction of sp³-hybridized carbons (Fsp3) is 0.357. The highest BCUT2D eigenvalue weighted by Gasteiger charge is 2.11. The maximum atomic E-state index is 13.6. The summed E-state index contributed by atoms with van der Waals surface area (Å²) in [6, 6.07) is 5.17. The molecule has 112 valence electrons. The third kappa shape index (κ3) is 3.56. The number of halogens is 1. The van der Waals surface area contributed by atoms with Crippen molar-refractivity contribution in [3.05, 3.63) is 35.1 Å². The summed E-state index contributed by atoms with van der Waals surface area (Å²) >= 11 is 0. The predicted octanol–water partition coefficient (Wildman–Crippen LogP) is 2.54. The van der Waals surface area contributed by atoms with Crippen molar-refractivity contribution in [2.45, 2.75) is 19.9 Å². The first-order valence-electron chi connectivity index (χ1n) is 6.54. The standard InChI is InChI=1S/C14H18FN5O/c1-8-5-6-10(7-11(8)15)9(2)17-13-18-12(16-3)19-14(20-13)21-4/h5-7,9H,1-4H3,(H2,16,17,18,19,20). The molecule has 2 aromatic rings. The third-order valence-corrected chi connectivity index (χ3v) is 3.06. The maximum Gasteiger partial charge on any atom is 0.322 e. The summed E-state index contributed by atoms with van der Waals surface area (Å²) in [5, 5.41) is 5.93. The van der Waals surface area contributed by atoms with E-state index in [-0.39, 0.29) is 17.9 Å². The van der Waals surface area contributed by atoms with Crippen LogP contribution in [-0.2, 0) is 0 Å². The molecule has 1 aromatic carbocycles. The van der Waals surface area contributed by atoms with Crippen LogP contribution in [-0.4, -0.2) is 29.1 Å². The van der Waals surface area contributed by atoms with E-state index >= 15 is 0 Å². The van der Waals surface area contributed by atoms with Crippen molar-refractivity contribution in [2.24, 2.45) is 0 Å². The Balaban J connectivity index is 2.22. The summed E-state index contributed by atoms with van der Waals surface area (Å²) in [7, 11) is 3.19. The molecule has 1 atom stereocenters. The van der Waals surface area contributed by atoms with E-state index in [2.05, 4.69) is 25.6 Å². The van der Waals surface area contributed by atoms with Gasteiger partial charge in [0.05, 0.1) is 13.2 Å². The van der Waals surface area contributed by atoms with Gasteiger partial charge in [-0.3, -0.25) is 0 Å². The zero-order valence-electron chi connectivity index (χ0n) is 12.4. The van der Waals surface area contributed by atoms with Crippen LogP contribution in [0.4, 0.5) is 16.3 Å². The van der Waals surface area contributed by atoms with Gasteiger partial charge < -0.3 is 15.4 Å². The second-order valence-electron chi connectivity index (χ2n) is 4.59. The van der Waals surface area contributed by atoms with E-state index in [1.54, 1.807) is 20.0 Å². The largest absolute Gasteiger partial charge is 0.467 e. The van der Waals surface area contributed by atoms with Crippen LogP contribution in [0.5, 0.6) is 6.01 Å². The minimum absolute atomic E-state index is 0.156. The van der Waals surface area contributed by atoms with Crippen molar-refractivity contribution in [3.8, 4) is 6.01 Å². The molecule has 0 fully saturated rings. The van der Waals surface area contributed by atoms with Crippen LogP contribution in [0, 0.1) is 12.7 Å². The van der Waals surface area contributed by atoms with E-state index in [9.17, 15) is 4.39 Å². The van der Waals surface area contributed by atoms with Crippen LogP contribution in [0.25, 0.3) is 0 Å². The van der Waals surface area contributed by atoms with Crippen LogP contribution in [0.15, 0.2) is 18.2 Å². The summed E-state index contributed by atoms with van der Waals surface area (Å²) in [5.74, 6) is 0.525. The highest BCUT2D eigenvalue weighted by molar-refractivity contribution is 5.38. The maximum absolute atomic E-state index is 13.6. The van der Waals surface area contributed by atoms with Crippen LogP contribution in [0.2, 0.25) is 0 Å². The predicted molar refractivity (Wildman–Crippen MR) is 79.1 cm³/mol. The Kier molecular flexibility index (Phi) is 4.52. The fourth-order valence-corrected chi connectivity index (χ4v) is 1.78. The van der Waals surface area contributed by atoms with Gasteiger partial charge in [-0.15, -0.1) is 0 Å². The average molecular weight is 291 g/mol. The number of hydrogen-bond acceptors (Lipinski definition) is 6. The molecule has 0 aliphatic heterocycles. The molecule has 0 aliphatic rings. The number of benzene rings is 1. The van der Waals surface area contributed by atoms with E-state index in [0.717, 1.165) is 5.56 Å². The number of anilines is 2. The summed E-state index contributed by atoms with van der Waals surface area (Å²) < 4.78 is 18.6. The Morgan fingerprint density at radius 3 is 2.52 bits per heavy atom. The van der Waals surface area contributed by atoms with Gasteiger partial charge in [0.15, 0.2) is 0 Å². The minimum Gasteiger partial charge on any atom is -0.467 e. The van der Waals surface area contributed by atoms with Crippen molar-refractivity contribution in [2.75, 3.05) is 24.8 Å². The van der Waals surface area contributed by atoms with Gasteiger partial charge in [0, 0.05) is 7.05 Å². The van der Waals surface area contributed by atoms with Gasteiger partial charge in [0.25, 0.3) is 0 Å². The van der Waals surface area contributed by atoms with Crippen molar-refractivity contribution in [3.63, 3.8) is 0 Å². The first-order chi connectivity index (χ1) is 10.0. The van der Waals surface area contributed by atoms with Gasteiger partial charge in [-0.1, -0.05) is 12.1 Å². The molecule has 7 heteroatoms. The zero-order valence-corrected chi connectivity index (χ0v) is 12.4. The monoisotopic (exact) mass is 291 g/mol. The molecule has 0 amide bonds. The highest BCUT2D eigenvalue weighted by Crippen LogP contribution is 2.20. The summed E-state index contributed by atoms with van der Waals surface area (Å²) in [6.45, 7) is 3.63. The van der Waals surface area contributed by atoms with Gasteiger partial charge in [0.1, 0.15) is 5.82 Å². The number of rotatable bonds is 5. The average Bonchev–Trinajstić information content (AvgIpc) is 2.49. The number of nitrogens with one attached hydrogen (secondary N) is 2. The summed E-state index contributed by atoms with van der Waals surface area (Å²) in [6.07, 6.45) is 0. The zero-order chi connectivity index (χ0) is 15.4. The molecule has 6 nitrogen and oxygen atoms in total. The van der Waals surface area contributed by atoms with Crippen molar-refractivity contribution >= 4 is 11.9 Å². The molecule has 1 heterocycles. The lowest BCUT2D eigenvalue weighted by molar-refractivity contribution is 0.379. The van der Waals surface area contributed by atoms with Crippen LogP contribution < -0.4 is 15.4 Å². The van der Waals surface area contributed by atoms with E-state index in [1.165, 1.54) is 13.2 Å². The van der Waals surface area contributed by atoms with Crippen molar-refractivity contribution < 1.29 is 9.13 Å². The molecular weight excluding hydrogens is 273 g/mol. The molecule has 2 N–H and O–H groups in total. The van der Waals surface area contributed by atoms with Crippen LogP contribution in [0.3, 0.4) is 0 Å². The molecule has 2 rings (SSSR count). The molecular formula is C14H18FN5O. The minimum atomic E-state index is -0.231. The number of aromatic nitrogens is 3. The third-order valence-electron chi connectivity index (χ3n) is 3.06. The van der Waals surface area contributed by atoms with Crippen LogP contribution >= 0.6 is 0 Å². The Morgan fingerprint density at radius 1 is 1.19 bits per heavy atom. The van der Waals surface area contributed by atoms with Crippen molar-refractivity contribution in [1.29, 1.82) is 0 Å². The fourth-order valence-electron chi connectivity index (χ4n) is 1.78.